The van der Waals surface area contributed by atoms with Gasteiger partial charge >= 0.3 is 0 Å². The lowest BCUT2D eigenvalue weighted by Gasteiger charge is -2.14. The highest BCUT2D eigenvalue weighted by molar-refractivity contribution is 9.10. The van der Waals surface area contributed by atoms with Crippen LogP contribution in [0.2, 0.25) is 0 Å². The highest BCUT2D eigenvalue weighted by Crippen LogP contribution is 2.33. The third-order valence-electron chi connectivity index (χ3n) is 2.87. The van der Waals surface area contributed by atoms with E-state index in [1.54, 1.807) is 11.8 Å². The van der Waals surface area contributed by atoms with E-state index in [0.29, 0.717) is 6.54 Å². The molecular formula is C15H16BrNOS. The molecule has 2 rings (SSSR count). The zero-order valence-electron chi connectivity index (χ0n) is 10.9. The number of rotatable bonds is 4. The Morgan fingerprint density at radius 2 is 2.00 bits per heavy atom. The van der Waals surface area contributed by atoms with Crippen molar-refractivity contribution in [1.29, 1.82) is 0 Å². The van der Waals surface area contributed by atoms with E-state index < -0.39 is 0 Å². The number of thioether (sulfide) groups is 1. The molecule has 0 atom stereocenters. The lowest BCUT2D eigenvalue weighted by molar-refractivity contribution is 0.470. The fourth-order valence-corrected chi connectivity index (χ4v) is 3.00. The van der Waals surface area contributed by atoms with Crippen molar-refractivity contribution >= 4 is 27.7 Å². The zero-order valence-corrected chi connectivity index (χ0v) is 13.3. The van der Waals surface area contributed by atoms with E-state index in [1.807, 2.05) is 43.5 Å². The van der Waals surface area contributed by atoms with Crippen LogP contribution in [0.5, 0.6) is 11.5 Å². The molecule has 2 N–H and O–H groups in total. The molecule has 4 heteroatoms. The summed E-state index contributed by atoms with van der Waals surface area (Å²) in [5.74, 6) is 1.69. The monoisotopic (exact) mass is 337 g/mol. The molecule has 0 aliphatic rings. The fourth-order valence-electron chi connectivity index (χ4n) is 1.88. The number of hydrogen-bond donors (Lipinski definition) is 1. The Hall–Kier alpha value is -0.970. The molecule has 100 valence electrons. The summed E-state index contributed by atoms with van der Waals surface area (Å²) >= 11 is 5.14. The topological polar surface area (TPSA) is 35.2 Å². The van der Waals surface area contributed by atoms with Gasteiger partial charge in [0.1, 0.15) is 11.5 Å². The van der Waals surface area contributed by atoms with Crippen molar-refractivity contribution in [2.24, 2.45) is 5.73 Å². The van der Waals surface area contributed by atoms with Crippen LogP contribution in [0, 0.1) is 6.92 Å². The van der Waals surface area contributed by atoms with E-state index in [4.69, 9.17) is 10.5 Å². The summed E-state index contributed by atoms with van der Waals surface area (Å²) in [6, 6.07) is 12.0. The summed E-state index contributed by atoms with van der Waals surface area (Å²) in [6.07, 6.45) is 2.04. The van der Waals surface area contributed by atoms with Crippen molar-refractivity contribution in [3.05, 3.63) is 52.0 Å². The number of ether oxygens (including phenoxy) is 1. The Labute approximate surface area is 126 Å². The molecule has 0 aromatic heterocycles. The van der Waals surface area contributed by atoms with Gasteiger partial charge in [-0.3, -0.25) is 0 Å². The Kier molecular flexibility index (Phi) is 4.91. The number of aryl methyl sites for hydroxylation is 1. The summed E-state index contributed by atoms with van der Waals surface area (Å²) < 4.78 is 7.06. The maximum absolute atomic E-state index is 6.01. The van der Waals surface area contributed by atoms with Gasteiger partial charge in [0, 0.05) is 21.5 Å². The van der Waals surface area contributed by atoms with Gasteiger partial charge in [-0.15, -0.1) is 11.8 Å². The van der Waals surface area contributed by atoms with Gasteiger partial charge in [-0.2, -0.15) is 0 Å². The molecule has 0 fully saturated rings. The summed E-state index contributed by atoms with van der Waals surface area (Å²) in [6.45, 7) is 2.50. The third kappa shape index (κ3) is 3.32. The van der Waals surface area contributed by atoms with E-state index in [9.17, 15) is 0 Å². The first-order valence-electron chi connectivity index (χ1n) is 5.95. The fraction of sp³-hybridized carbons (Fsp3) is 0.200. The largest absolute Gasteiger partial charge is 0.457 e. The molecule has 0 radical (unpaired) electrons. The van der Waals surface area contributed by atoms with Crippen LogP contribution in [0.25, 0.3) is 0 Å². The van der Waals surface area contributed by atoms with Crippen molar-refractivity contribution in [1.82, 2.24) is 0 Å². The lowest BCUT2D eigenvalue weighted by Crippen LogP contribution is -2.01. The smallest absolute Gasteiger partial charge is 0.133 e. The second kappa shape index (κ2) is 6.46. The second-order valence-electron chi connectivity index (χ2n) is 4.15. The van der Waals surface area contributed by atoms with Gasteiger partial charge in [-0.05, 0) is 49.1 Å². The average molecular weight is 338 g/mol. The first kappa shape index (κ1) is 14.4. The van der Waals surface area contributed by atoms with Gasteiger partial charge < -0.3 is 10.5 Å². The highest BCUT2D eigenvalue weighted by atomic mass is 79.9. The van der Waals surface area contributed by atoms with Crippen molar-refractivity contribution in [3.8, 4) is 11.5 Å². The van der Waals surface area contributed by atoms with Crippen LogP contribution in [-0.2, 0) is 6.54 Å². The minimum atomic E-state index is 0.474. The number of hydrogen-bond acceptors (Lipinski definition) is 3. The molecule has 0 saturated heterocycles. The minimum absolute atomic E-state index is 0.474. The van der Waals surface area contributed by atoms with Gasteiger partial charge in [0.25, 0.3) is 0 Å². The maximum Gasteiger partial charge on any atom is 0.133 e. The molecule has 0 aliphatic carbocycles. The predicted molar refractivity (Wildman–Crippen MR) is 85.1 cm³/mol. The van der Waals surface area contributed by atoms with Gasteiger partial charge in [-0.1, -0.05) is 22.0 Å². The summed E-state index contributed by atoms with van der Waals surface area (Å²) in [5.41, 5.74) is 7.98. The first-order chi connectivity index (χ1) is 9.15. The van der Waals surface area contributed by atoms with E-state index >= 15 is 0 Å². The molecule has 0 saturated carbocycles. The van der Waals surface area contributed by atoms with Crippen LogP contribution in [0.1, 0.15) is 11.1 Å². The van der Waals surface area contributed by atoms with Crippen molar-refractivity contribution in [2.75, 3.05) is 6.26 Å². The van der Waals surface area contributed by atoms with Crippen LogP contribution in [0.3, 0.4) is 0 Å². The molecule has 0 bridgehead atoms. The van der Waals surface area contributed by atoms with Gasteiger partial charge in [0.15, 0.2) is 0 Å². The van der Waals surface area contributed by atoms with Gasteiger partial charge in [0.05, 0.1) is 0 Å². The molecule has 0 aliphatic heterocycles. The molecule has 2 nitrogen and oxygen atoms in total. The first-order valence-corrected chi connectivity index (χ1v) is 7.97. The van der Waals surface area contributed by atoms with E-state index in [-0.39, 0.29) is 0 Å². The normalized spacial score (nSPS) is 10.5. The van der Waals surface area contributed by atoms with Gasteiger partial charge in [-0.25, -0.2) is 0 Å². The van der Waals surface area contributed by atoms with Crippen LogP contribution in [-0.4, -0.2) is 6.26 Å². The molecular weight excluding hydrogens is 322 g/mol. The quantitative estimate of drug-likeness (QED) is 0.819. The van der Waals surface area contributed by atoms with Crippen molar-refractivity contribution in [3.63, 3.8) is 0 Å². The van der Waals surface area contributed by atoms with E-state index in [0.717, 1.165) is 32.0 Å². The number of benzene rings is 2. The SMILES string of the molecule is CSc1cccc(Oc2ccc(Br)cc2C)c1CN. The molecule has 0 amide bonds. The second-order valence-corrected chi connectivity index (χ2v) is 5.92. The molecule has 2 aromatic carbocycles. The van der Waals surface area contributed by atoms with Crippen molar-refractivity contribution < 1.29 is 4.74 Å². The van der Waals surface area contributed by atoms with Crippen LogP contribution < -0.4 is 10.5 Å². The number of halogens is 1. The Balaban J connectivity index is 2.37. The van der Waals surface area contributed by atoms with Gasteiger partial charge in [0.2, 0.25) is 0 Å². The Bertz CT molecular complexity index is 586. The Morgan fingerprint density at radius 3 is 2.63 bits per heavy atom. The standard InChI is InChI=1S/C15H16BrNOS/c1-10-8-11(16)6-7-13(10)18-14-4-3-5-15(19-2)12(14)9-17/h3-8H,9,17H2,1-2H3. The van der Waals surface area contributed by atoms with E-state index in [2.05, 4.69) is 22.0 Å². The summed E-state index contributed by atoms with van der Waals surface area (Å²) in [7, 11) is 0. The average Bonchev–Trinajstić information content (AvgIpc) is 2.41. The molecule has 19 heavy (non-hydrogen) atoms. The van der Waals surface area contributed by atoms with Crippen LogP contribution in [0.4, 0.5) is 0 Å². The molecule has 0 unspecified atom stereocenters. The van der Waals surface area contributed by atoms with Crippen molar-refractivity contribution in [2.45, 2.75) is 18.4 Å². The van der Waals surface area contributed by atoms with Crippen LogP contribution >= 0.6 is 27.7 Å². The lowest BCUT2D eigenvalue weighted by atomic mass is 10.2. The predicted octanol–water partition coefficient (Wildman–Crippen LogP) is 4.73. The van der Waals surface area contributed by atoms with Crippen LogP contribution in [0.15, 0.2) is 45.8 Å². The maximum atomic E-state index is 6.01. The van der Waals surface area contributed by atoms with E-state index in [1.165, 1.54) is 0 Å². The molecule has 0 heterocycles. The third-order valence-corrected chi connectivity index (χ3v) is 4.19. The number of nitrogens with two attached hydrogens (primary N) is 1. The zero-order chi connectivity index (χ0) is 13.8. The highest BCUT2D eigenvalue weighted by Gasteiger charge is 2.09. The summed E-state index contributed by atoms with van der Waals surface area (Å²) in [5, 5.41) is 0. The minimum Gasteiger partial charge on any atom is -0.457 e. The molecule has 0 spiro atoms. The Morgan fingerprint density at radius 1 is 1.21 bits per heavy atom. The molecule has 2 aromatic rings. The summed E-state index contributed by atoms with van der Waals surface area (Å²) in [4.78, 5) is 1.16.